The SMILES string of the molecule is CCCOC(=O)c1cc2nc3c(C(N)=O)c(O)c4ccccc4c3nc2cc1OC. The molecule has 4 aromatic rings. The molecule has 0 aliphatic carbocycles. The Kier molecular flexibility index (Phi) is 4.83. The third kappa shape index (κ3) is 3.02. The van der Waals surface area contributed by atoms with Crippen LogP contribution in [0.3, 0.4) is 0 Å². The molecule has 0 radical (unpaired) electrons. The summed E-state index contributed by atoms with van der Waals surface area (Å²) in [5, 5.41) is 11.7. The van der Waals surface area contributed by atoms with E-state index in [4.69, 9.17) is 15.2 Å². The largest absolute Gasteiger partial charge is 0.506 e. The van der Waals surface area contributed by atoms with Gasteiger partial charge in [-0.15, -0.1) is 0 Å². The van der Waals surface area contributed by atoms with Crippen molar-refractivity contribution < 1.29 is 24.2 Å². The van der Waals surface area contributed by atoms with Crippen LogP contribution in [0.15, 0.2) is 36.4 Å². The van der Waals surface area contributed by atoms with Gasteiger partial charge in [0.2, 0.25) is 0 Å². The number of fused-ring (bicyclic) bond motifs is 4. The standard InChI is InChI=1S/C22H19N3O5/c1-3-8-30-22(28)13-9-14-15(10-16(13)29-2)24-18-11-6-4-5-7-12(11)20(26)17(21(23)27)19(18)25-14/h4-7,9-10,26H,3,8H2,1-2H3,(H2,23,27). The molecule has 1 aromatic heterocycles. The molecule has 0 saturated heterocycles. The lowest BCUT2D eigenvalue weighted by atomic mass is 10.0. The zero-order valence-electron chi connectivity index (χ0n) is 16.4. The Hall–Kier alpha value is -3.94. The molecule has 0 bridgehead atoms. The van der Waals surface area contributed by atoms with E-state index in [1.54, 1.807) is 30.3 Å². The smallest absolute Gasteiger partial charge is 0.341 e. The number of esters is 1. The van der Waals surface area contributed by atoms with E-state index in [0.29, 0.717) is 39.5 Å². The molecule has 152 valence electrons. The number of carbonyl (C=O) groups is 2. The zero-order chi connectivity index (χ0) is 21.4. The highest BCUT2D eigenvalue weighted by Gasteiger charge is 2.22. The minimum atomic E-state index is -0.826. The number of phenols is 1. The van der Waals surface area contributed by atoms with Crippen molar-refractivity contribution in [2.45, 2.75) is 13.3 Å². The number of nitrogens with two attached hydrogens (primary N) is 1. The van der Waals surface area contributed by atoms with Crippen molar-refractivity contribution >= 4 is 44.7 Å². The zero-order valence-corrected chi connectivity index (χ0v) is 16.4. The predicted molar refractivity (Wildman–Crippen MR) is 112 cm³/mol. The fourth-order valence-electron chi connectivity index (χ4n) is 3.42. The van der Waals surface area contributed by atoms with Crippen molar-refractivity contribution in [1.82, 2.24) is 9.97 Å². The third-order valence-electron chi connectivity index (χ3n) is 4.80. The van der Waals surface area contributed by atoms with E-state index in [9.17, 15) is 14.7 Å². The van der Waals surface area contributed by atoms with Gasteiger partial charge in [-0.3, -0.25) is 4.79 Å². The van der Waals surface area contributed by atoms with Gasteiger partial charge >= 0.3 is 5.97 Å². The average molecular weight is 405 g/mol. The van der Waals surface area contributed by atoms with E-state index in [1.807, 2.05) is 6.92 Å². The van der Waals surface area contributed by atoms with Gasteiger partial charge in [-0.25, -0.2) is 14.8 Å². The molecule has 0 spiro atoms. The van der Waals surface area contributed by atoms with Crippen LogP contribution in [-0.4, -0.2) is 40.7 Å². The first-order valence-corrected chi connectivity index (χ1v) is 9.36. The molecular weight excluding hydrogens is 386 g/mol. The Morgan fingerprint density at radius 1 is 1.07 bits per heavy atom. The first-order valence-electron chi connectivity index (χ1n) is 9.36. The fourth-order valence-corrected chi connectivity index (χ4v) is 3.42. The Bertz CT molecular complexity index is 1330. The number of benzene rings is 3. The van der Waals surface area contributed by atoms with Crippen LogP contribution in [0.25, 0.3) is 32.8 Å². The van der Waals surface area contributed by atoms with Crippen LogP contribution < -0.4 is 10.5 Å². The van der Waals surface area contributed by atoms with Crippen molar-refractivity contribution in [3.8, 4) is 11.5 Å². The van der Waals surface area contributed by atoms with E-state index in [2.05, 4.69) is 9.97 Å². The second kappa shape index (κ2) is 7.47. The number of aromatic nitrogens is 2. The highest BCUT2D eigenvalue weighted by molar-refractivity contribution is 6.19. The van der Waals surface area contributed by atoms with Crippen LogP contribution in [-0.2, 0) is 4.74 Å². The summed E-state index contributed by atoms with van der Waals surface area (Å²) in [6.07, 6.45) is 0.681. The molecule has 30 heavy (non-hydrogen) atoms. The molecule has 0 unspecified atom stereocenters. The Morgan fingerprint density at radius 3 is 2.40 bits per heavy atom. The molecule has 0 fully saturated rings. The number of rotatable bonds is 5. The van der Waals surface area contributed by atoms with Gasteiger partial charge < -0.3 is 20.3 Å². The molecule has 1 heterocycles. The molecule has 8 nitrogen and oxygen atoms in total. The first kappa shape index (κ1) is 19.4. The number of hydrogen-bond donors (Lipinski definition) is 2. The molecular formula is C22H19N3O5. The summed E-state index contributed by atoms with van der Waals surface area (Å²) < 4.78 is 10.6. The Balaban J connectivity index is 2.08. The molecule has 3 N–H and O–H groups in total. The Labute approximate surface area is 171 Å². The lowest BCUT2D eigenvalue weighted by molar-refractivity contribution is 0.0501. The summed E-state index contributed by atoms with van der Waals surface area (Å²) in [5.41, 5.74) is 6.96. The normalized spacial score (nSPS) is 11.1. The van der Waals surface area contributed by atoms with E-state index in [0.717, 1.165) is 0 Å². The van der Waals surface area contributed by atoms with Crippen LogP contribution in [0.4, 0.5) is 0 Å². The highest BCUT2D eigenvalue weighted by Crippen LogP contribution is 2.37. The van der Waals surface area contributed by atoms with Crippen LogP contribution in [0, 0.1) is 0 Å². The van der Waals surface area contributed by atoms with Crippen molar-refractivity contribution in [3.63, 3.8) is 0 Å². The van der Waals surface area contributed by atoms with Crippen molar-refractivity contribution in [2.75, 3.05) is 13.7 Å². The van der Waals surface area contributed by atoms with Gasteiger partial charge in [-0.2, -0.15) is 0 Å². The van der Waals surface area contributed by atoms with Gasteiger partial charge in [-0.05, 0) is 12.5 Å². The number of amides is 1. The van der Waals surface area contributed by atoms with Gasteiger partial charge in [0.25, 0.3) is 5.91 Å². The van der Waals surface area contributed by atoms with E-state index in [1.165, 1.54) is 13.2 Å². The quantitative estimate of drug-likeness (QED) is 0.296. The maximum atomic E-state index is 12.4. The summed E-state index contributed by atoms with van der Waals surface area (Å²) in [5.74, 6) is -1.33. The van der Waals surface area contributed by atoms with Crippen LogP contribution in [0.2, 0.25) is 0 Å². The lowest BCUT2D eigenvalue weighted by Crippen LogP contribution is -2.13. The molecule has 0 atom stereocenters. The van der Waals surface area contributed by atoms with Crippen LogP contribution in [0.5, 0.6) is 11.5 Å². The number of ether oxygens (including phenoxy) is 2. The molecule has 0 aliphatic heterocycles. The van der Waals surface area contributed by atoms with E-state index < -0.39 is 11.9 Å². The van der Waals surface area contributed by atoms with E-state index in [-0.39, 0.29) is 29.0 Å². The number of primary amides is 1. The molecule has 4 rings (SSSR count). The van der Waals surface area contributed by atoms with E-state index >= 15 is 0 Å². The fraction of sp³-hybridized carbons (Fsp3) is 0.182. The Morgan fingerprint density at radius 2 is 1.73 bits per heavy atom. The number of methoxy groups -OCH3 is 1. The topological polar surface area (TPSA) is 125 Å². The maximum absolute atomic E-state index is 12.4. The van der Waals surface area contributed by atoms with Gasteiger partial charge in [0.15, 0.2) is 0 Å². The summed E-state index contributed by atoms with van der Waals surface area (Å²) in [7, 11) is 1.45. The van der Waals surface area contributed by atoms with Gasteiger partial charge in [0.1, 0.15) is 28.1 Å². The predicted octanol–water partition coefficient (Wildman–Crippen LogP) is 3.32. The number of nitrogens with zero attached hydrogens (tertiary/aromatic N) is 2. The highest BCUT2D eigenvalue weighted by atomic mass is 16.5. The molecule has 3 aromatic carbocycles. The summed E-state index contributed by atoms with van der Waals surface area (Å²) in [6.45, 7) is 2.17. The summed E-state index contributed by atoms with van der Waals surface area (Å²) in [4.78, 5) is 33.7. The molecule has 0 aliphatic rings. The number of hydrogen-bond acceptors (Lipinski definition) is 7. The summed E-state index contributed by atoms with van der Waals surface area (Å²) >= 11 is 0. The minimum absolute atomic E-state index is 0.121. The molecule has 8 heteroatoms. The molecule has 0 saturated carbocycles. The van der Waals surface area contributed by atoms with Gasteiger partial charge in [-0.1, -0.05) is 31.2 Å². The van der Waals surface area contributed by atoms with Crippen molar-refractivity contribution in [1.29, 1.82) is 0 Å². The second-order valence-electron chi connectivity index (χ2n) is 6.73. The number of carbonyl (C=O) groups excluding carboxylic acids is 2. The number of aromatic hydroxyl groups is 1. The minimum Gasteiger partial charge on any atom is -0.506 e. The van der Waals surface area contributed by atoms with Gasteiger partial charge in [0, 0.05) is 16.8 Å². The van der Waals surface area contributed by atoms with Crippen molar-refractivity contribution in [3.05, 3.63) is 47.5 Å². The van der Waals surface area contributed by atoms with Crippen molar-refractivity contribution in [2.24, 2.45) is 5.73 Å². The first-order chi connectivity index (χ1) is 14.5. The lowest BCUT2D eigenvalue weighted by Gasteiger charge is -2.13. The summed E-state index contributed by atoms with van der Waals surface area (Å²) in [6, 6.07) is 10.1. The van der Waals surface area contributed by atoms with Crippen LogP contribution in [0.1, 0.15) is 34.1 Å². The van der Waals surface area contributed by atoms with Gasteiger partial charge in [0.05, 0.1) is 30.3 Å². The monoisotopic (exact) mass is 405 g/mol. The van der Waals surface area contributed by atoms with Crippen LogP contribution >= 0.6 is 0 Å². The third-order valence-corrected chi connectivity index (χ3v) is 4.80. The maximum Gasteiger partial charge on any atom is 0.341 e. The molecule has 1 amide bonds. The second-order valence-corrected chi connectivity index (χ2v) is 6.73. The average Bonchev–Trinajstić information content (AvgIpc) is 2.75.